The highest BCUT2D eigenvalue weighted by atomic mass is 16.2. The number of aromatic nitrogens is 6. The number of rotatable bonds is 4. The lowest BCUT2D eigenvalue weighted by atomic mass is 10.2. The molecule has 0 bridgehead atoms. The molecule has 1 atom stereocenters. The van der Waals surface area contributed by atoms with E-state index in [0.717, 1.165) is 5.65 Å². The molecule has 1 amide bonds. The smallest absolute Gasteiger partial charge is 0.269 e. The number of amides is 1. The highest BCUT2D eigenvalue weighted by molar-refractivity contribution is 5.93. The summed E-state index contributed by atoms with van der Waals surface area (Å²) in [5, 5.41) is 18.0. The molecule has 0 saturated heterocycles. The van der Waals surface area contributed by atoms with Gasteiger partial charge in [-0.15, -0.1) is 10.2 Å². The van der Waals surface area contributed by atoms with Crippen LogP contribution in [-0.4, -0.2) is 35.7 Å². The molecular weight excluding hydrogens is 318 g/mol. The first-order chi connectivity index (χ1) is 12.2. The molecule has 4 rings (SSSR count). The molecule has 0 saturated carbocycles. The van der Waals surface area contributed by atoms with Crippen LogP contribution in [0.5, 0.6) is 0 Å². The molecule has 0 spiro atoms. The largest absolute Gasteiger partial charge is 0.341 e. The minimum Gasteiger partial charge on any atom is -0.341 e. The maximum atomic E-state index is 12.5. The number of hydrogen-bond acceptors (Lipinski definition) is 5. The van der Waals surface area contributed by atoms with Crippen LogP contribution in [0.2, 0.25) is 0 Å². The predicted octanol–water partition coefficient (Wildman–Crippen LogP) is 2.01. The van der Waals surface area contributed by atoms with E-state index < -0.39 is 0 Å². The van der Waals surface area contributed by atoms with Crippen molar-refractivity contribution in [2.24, 2.45) is 0 Å². The summed E-state index contributed by atoms with van der Waals surface area (Å²) in [6.07, 6.45) is 3.55. The SMILES string of the molecule is C[C@H](NC(=O)c1cc(-c2ccccn2)n[nH]1)c1nnc2ccccn12. The van der Waals surface area contributed by atoms with Gasteiger partial charge in [-0.1, -0.05) is 12.1 Å². The Kier molecular flexibility index (Phi) is 3.70. The van der Waals surface area contributed by atoms with E-state index >= 15 is 0 Å². The summed E-state index contributed by atoms with van der Waals surface area (Å²) >= 11 is 0. The Hall–Kier alpha value is -3.55. The van der Waals surface area contributed by atoms with Crippen LogP contribution in [0.15, 0.2) is 54.9 Å². The van der Waals surface area contributed by atoms with E-state index in [0.29, 0.717) is 22.9 Å². The number of carbonyl (C=O) groups excluding carboxylic acids is 1. The van der Waals surface area contributed by atoms with Crippen LogP contribution in [0.4, 0.5) is 0 Å². The fraction of sp³-hybridized carbons (Fsp3) is 0.118. The molecule has 0 radical (unpaired) electrons. The zero-order valence-electron chi connectivity index (χ0n) is 13.4. The van der Waals surface area contributed by atoms with Gasteiger partial charge in [-0.05, 0) is 37.3 Å². The zero-order chi connectivity index (χ0) is 17.2. The van der Waals surface area contributed by atoms with Crippen LogP contribution < -0.4 is 5.32 Å². The fourth-order valence-corrected chi connectivity index (χ4v) is 2.58. The number of H-pyrrole nitrogens is 1. The highest BCUT2D eigenvalue weighted by Crippen LogP contribution is 2.16. The number of carbonyl (C=O) groups is 1. The molecular formula is C17H15N7O. The summed E-state index contributed by atoms with van der Waals surface area (Å²) in [5.74, 6) is 0.392. The lowest BCUT2D eigenvalue weighted by molar-refractivity contribution is 0.0933. The molecule has 0 aliphatic carbocycles. The van der Waals surface area contributed by atoms with Gasteiger partial charge in [-0.3, -0.25) is 19.3 Å². The van der Waals surface area contributed by atoms with E-state index in [9.17, 15) is 4.79 Å². The van der Waals surface area contributed by atoms with Gasteiger partial charge >= 0.3 is 0 Å². The molecule has 8 heteroatoms. The van der Waals surface area contributed by atoms with Crippen molar-refractivity contribution in [3.05, 3.63) is 66.4 Å². The second kappa shape index (κ2) is 6.16. The first kappa shape index (κ1) is 15.0. The van der Waals surface area contributed by atoms with Gasteiger partial charge < -0.3 is 5.32 Å². The van der Waals surface area contributed by atoms with Crippen LogP contribution in [-0.2, 0) is 0 Å². The van der Waals surface area contributed by atoms with Crippen molar-refractivity contribution in [3.63, 3.8) is 0 Å². The van der Waals surface area contributed by atoms with Gasteiger partial charge in [0.25, 0.3) is 5.91 Å². The number of nitrogens with one attached hydrogen (secondary N) is 2. The van der Waals surface area contributed by atoms with Crippen LogP contribution in [0.1, 0.15) is 29.3 Å². The predicted molar refractivity (Wildman–Crippen MR) is 90.7 cm³/mol. The lowest BCUT2D eigenvalue weighted by Gasteiger charge is -2.11. The van der Waals surface area contributed by atoms with E-state index in [1.165, 1.54) is 0 Å². The van der Waals surface area contributed by atoms with Crippen LogP contribution in [0.25, 0.3) is 17.0 Å². The van der Waals surface area contributed by atoms with Crippen molar-refractivity contribution < 1.29 is 4.79 Å². The maximum Gasteiger partial charge on any atom is 0.269 e. The summed E-state index contributed by atoms with van der Waals surface area (Å²) in [5.41, 5.74) is 2.42. The van der Waals surface area contributed by atoms with Crippen molar-refractivity contribution in [2.45, 2.75) is 13.0 Å². The highest BCUT2D eigenvalue weighted by Gasteiger charge is 2.18. The van der Waals surface area contributed by atoms with Gasteiger partial charge in [0.05, 0.1) is 11.7 Å². The monoisotopic (exact) mass is 333 g/mol. The van der Waals surface area contributed by atoms with Gasteiger partial charge in [-0.2, -0.15) is 5.10 Å². The molecule has 4 aromatic rings. The second-order valence-electron chi connectivity index (χ2n) is 5.56. The Morgan fingerprint density at radius 1 is 1.16 bits per heavy atom. The third-order valence-electron chi connectivity index (χ3n) is 3.82. The van der Waals surface area contributed by atoms with E-state index in [1.54, 1.807) is 12.3 Å². The second-order valence-corrected chi connectivity index (χ2v) is 5.56. The molecule has 4 aromatic heterocycles. The van der Waals surface area contributed by atoms with Crippen molar-refractivity contribution in [1.82, 2.24) is 35.1 Å². The molecule has 124 valence electrons. The number of fused-ring (bicyclic) bond motifs is 1. The Morgan fingerprint density at radius 2 is 2.04 bits per heavy atom. The van der Waals surface area contributed by atoms with Gasteiger partial charge in [0.1, 0.15) is 11.4 Å². The van der Waals surface area contributed by atoms with Gasteiger partial charge in [-0.25, -0.2) is 0 Å². The molecule has 0 unspecified atom stereocenters. The normalized spacial score (nSPS) is 12.2. The standard InChI is InChI=1S/C17H15N7O/c1-11(16-23-22-15-7-3-5-9-24(15)16)19-17(25)14-10-13(20-21-14)12-6-2-4-8-18-12/h2-11H,1H3,(H,19,25)(H,20,21)/t11-/m0/s1. The Balaban J connectivity index is 1.53. The fourth-order valence-electron chi connectivity index (χ4n) is 2.58. The summed E-state index contributed by atoms with van der Waals surface area (Å²) < 4.78 is 1.84. The Morgan fingerprint density at radius 3 is 2.88 bits per heavy atom. The molecule has 0 aromatic carbocycles. The minimum absolute atomic E-state index is 0.269. The number of hydrogen-bond donors (Lipinski definition) is 2. The van der Waals surface area contributed by atoms with Crippen LogP contribution in [0, 0.1) is 0 Å². The van der Waals surface area contributed by atoms with E-state index in [4.69, 9.17) is 0 Å². The van der Waals surface area contributed by atoms with Crippen molar-refractivity contribution >= 4 is 11.6 Å². The lowest BCUT2D eigenvalue weighted by Crippen LogP contribution is -2.28. The first-order valence-electron chi connectivity index (χ1n) is 7.80. The summed E-state index contributed by atoms with van der Waals surface area (Å²) in [6.45, 7) is 1.86. The quantitative estimate of drug-likeness (QED) is 0.595. The Labute approximate surface area is 142 Å². The average molecular weight is 333 g/mol. The Bertz CT molecular complexity index is 1020. The molecule has 0 fully saturated rings. The summed E-state index contributed by atoms with van der Waals surface area (Å²) in [7, 11) is 0. The van der Waals surface area contributed by atoms with E-state index in [1.807, 2.05) is 53.9 Å². The molecule has 25 heavy (non-hydrogen) atoms. The third-order valence-corrected chi connectivity index (χ3v) is 3.82. The summed E-state index contributed by atoms with van der Waals surface area (Å²) in [4.78, 5) is 16.7. The molecule has 2 N–H and O–H groups in total. The molecule has 0 aliphatic rings. The van der Waals surface area contributed by atoms with Crippen LogP contribution >= 0.6 is 0 Å². The topological polar surface area (TPSA) is 101 Å². The molecule has 8 nitrogen and oxygen atoms in total. The first-order valence-corrected chi connectivity index (χ1v) is 7.80. The van der Waals surface area contributed by atoms with Gasteiger partial charge in [0, 0.05) is 12.4 Å². The number of nitrogens with zero attached hydrogens (tertiary/aromatic N) is 5. The summed E-state index contributed by atoms with van der Waals surface area (Å²) in [6, 6.07) is 12.5. The number of aromatic amines is 1. The van der Waals surface area contributed by atoms with Crippen LogP contribution in [0.3, 0.4) is 0 Å². The number of pyridine rings is 2. The van der Waals surface area contributed by atoms with Crippen molar-refractivity contribution in [1.29, 1.82) is 0 Å². The van der Waals surface area contributed by atoms with Crippen molar-refractivity contribution in [2.75, 3.05) is 0 Å². The van der Waals surface area contributed by atoms with E-state index in [-0.39, 0.29) is 11.9 Å². The average Bonchev–Trinajstić information content (AvgIpc) is 3.30. The van der Waals surface area contributed by atoms with E-state index in [2.05, 4.69) is 30.7 Å². The molecule has 0 aliphatic heterocycles. The minimum atomic E-state index is -0.313. The third kappa shape index (κ3) is 2.85. The van der Waals surface area contributed by atoms with Gasteiger partial charge in [0.15, 0.2) is 11.5 Å². The van der Waals surface area contributed by atoms with Crippen molar-refractivity contribution in [3.8, 4) is 11.4 Å². The zero-order valence-corrected chi connectivity index (χ0v) is 13.4. The maximum absolute atomic E-state index is 12.5. The van der Waals surface area contributed by atoms with Gasteiger partial charge in [0.2, 0.25) is 0 Å². The molecule has 4 heterocycles.